The Balaban J connectivity index is 2.22. The molecular formula is C17H17Cl3N2O3S. The molecular weight excluding hydrogens is 419 g/mol. The van der Waals surface area contributed by atoms with Gasteiger partial charge in [-0.25, -0.2) is 8.42 Å². The molecule has 0 aromatic heterocycles. The van der Waals surface area contributed by atoms with Crippen LogP contribution in [0.4, 0.5) is 5.69 Å². The maximum atomic E-state index is 12.5. The van der Waals surface area contributed by atoms with Crippen molar-refractivity contribution in [3.05, 3.63) is 63.1 Å². The van der Waals surface area contributed by atoms with Gasteiger partial charge in [-0.15, -0.1) is 0 Å². The Kier molecular flexibility index (Phi) is 6.80. The van der Waals surface area contributed by atoms with Gasteiger partial charge >= 0.3 is 0 Å². The number of carbonyl (C=O) groups excluding carboxylic acids is 1. The van der Waals surface area contributed by atoms with Crippen molar-refractivity contribution < 1.29 is 13.2 Å². The van der Waals surface area contributed by atoms with Gasteiger partial charge in [0.2, 0.25) is 15.9 Å². The Hall–Kier alpha value is -1.47. The van der Waals surface area contributed by atoms with Crippen molar-refractivity contribution in [1.29, 1.82) is 0 Å². The van der Waals surface area contributed by atoms with Crippen molar-refractivity contribution in [3.8, 4) is 0 Å². The lowest BCUT2D eigenvalue weighted by atomic mass is 10.2. The number of hydrogen-bond donors (Lipinski definition) is 1. The van der Waals surface area contributed by atoms with E-state index in [4.69, 9.17) is 34.8 Å². The molecule has 1 N–H and O–H groups in total. The molecule has 0 radical (unpaired) electrons. The lowest BCUT2D eigenvalue weighted by Crippen LogP contribution is -2.47. The second kappa shape index (κ2) is 8.48. The van der Waals surface area contributed by atoms with Gasteiger partial charge < -0.3 is 5.32 Å². The molecule has 0 spiro atoms. The van der Waals surface area contributed by atoms with E-state index < -0.39 is 22.0 Å². The van der Waals surface area contributed by atoms with Gasteiger partial charge in [-0.1, -0.05) is 46.9 Å². The summed E-state index contributed by atoms with van der Waals surface area (Å²) in [5.74, 6) is -0.457. The van der Waals surface area contributed by atoms with Crippen LogP contribution in [0.2, 0.25) is 15.1 Å². The van der Waals surface area contributed by atoms with Gasteiger partial charge in [-0.05, 0) is 42.8 Å². The number of amides is 1. The minimum Gasteiger partial charge on any atom is -0.350 e. The van der Waals surface area contributed by atoms with E-state index in [9.17, 15) is 13.2 Å². The highest BCUT2D eigenvalue weighted by atomic mass is 35.5. The minimum absolute atomic E-state index is 0.221. The second-order valence-corrected chi connectivity index (χ2v) is 8.88. The maximum absolute atomic E-state index is 12.5. The van der Waals surface area contributed by atoms with E-state index in [0.29, 0.717) is 5.02 Å². The highest BCUT2D eigenvalue weighted by molar-refractivity contribution is 7.92. The molecule has 2 aromatic carbocycles. The fourth-order valence-corrected chi connectivity index (χ4v) is 4.21. The van der Waals surface area contributed by atoms with Crippen LogP contribution >= 0.6 is 34.8 Å². The molecule has 0 bridgehead atoms. The van der Waals surface area contributed by atoms with Gasteiger partial charge in [0.25, 0.3) is 0 Å². The summed E-state index contributed by atoms with van der Waals surface area (Å²) in [5.41, 5.74) is 1.06. The quantitative estimate of drug-likeness (QED) is 0.742. The number of carbonyl (C=O) groups is 1. The molecule has 2 rings (SSSR count). The zero-order chi connectivity index (χ0) is 19.5. The predicted octanol–water partition coefficient (Wildman–Crippen LogP) is 4.12. The van der Waals surface area contributed by atoms with E-state index in [1.807, 2.05) is 0 Å². The van der Waals surface area contributed by atoms with Gasteiger partial charge in [0.1, 0.15) is 6.04 Å². The molecule has 9 heteroatoms. The number of anilines is 1. The number of sulfonamides is 1. The van der Waals surface area contributed by atoms with Crippen molar-refractivity contribution in [2.75, 3.05) is 10.6 Å². The Morgan fingerprint density at radius 2 is 1.58 bits per heavy atom. The lowest BCUT2D eigenvalue weighted by Gasteiger charge is -2.28. The highest BCUT2D eigenvalue weighted by Gasteiger charge is 2.29. The number of nitrogens with one attached hydrogen (secondary N) is 1. The minimum atomic E-state index is -3.75. The Morgan fingerprint density at radius 3 is 2.08 bits per heavy atom. The molecule has 0 saturated carbocycles. The van der Waals surface area contributed by atoms with Crippen molar-refractivity contribution >= 4 is 56.4 Å². The average Bonchev–Trinajstić information content (AvgIpc) is 2.51. The molecule has 26 heavy (non-hydrogen) atoms. The molecule has 1 atom stereocenters. The number of rotatable bonds is 6. The van der Waals surface area contributed by atoms with Gasteiger partial charge in [-0.2, -0.15) is 0 Å². The molecule has 0 aliphatic rings. The van der Waals surface area contributed by atoms with E-state index in [2.05, 4.69) is 5.32 Å². The van der Waals surface area contributed by atoms with Crippen LogP contribution in [0.5, 0.6) is 0 Å². The molecule has 0 saturated heterocycles. The highest BCUT2D eigenvalue weighted by Crippen LogP contribution is 2.28. The van der Waals surface area contributed by atoms with E-state index in [0.717, 1.165) is 16.1 Å². The summed E-state index contributed by atoms with van der Waals surface area (Å²) >= 11 is 17.8. The predicted molar refractivity (Wildman–Crippen MR) is 107 cm³/mol. The molecule has 140 valence electrons. The summed E-state index contributed by atoms with van der Waals surface area (Å²) in [7, 11) is -3.75. The zero-order valence-corrected chi connectivity index (χ0v) is 17.1. The topological polar surface area (TPSA) is 66.5 Å². The van der Waals surface area contributed by atoms with Crippen molar-refractivity contribution in [2.45, 2.75) is 19.5 Å². The van der Waals surface area contributed by atoms with Crippen LogP contribution in [0.25, 0.3) is 0 Å². The number of nitrogens with zero attached hydrogens (tertiary/aromatic N) is 1. The van der Waals surface area contributed by atoms with Crippen LogP contribution in [-0.4, -0.2) is 26.6 Å². The smallest absolute Gasteiger partial charge is 0.243 e. The lowest BCUT2D eigenvalue weighted by molar-refractivity contribution is -0.122. The van der Waals surface area contributed by atoms with E-state index in [-0.39, 0.29) is 22.3 Å². The number of halogens is 3. The maximum Gasteiger partial charge on any atom is 0.243 e. The normalized spacial score (nSPS) is 12.5. The molecule has 1 unspecified atom stereocenters. The van der Waals surface area contributed by atoms with Crippen LogP contribution in [0.15, 0.2) is 42.5 Å². The van der Waals surface area contributed by atoms with E-state index in [1.165, 1.54) is 25.1 Å². The van der Waals surface area contributed by atoms with Crippen LogP contribution in [-0.2, 0) is 21.4 Å². The van der Waals surface area contributed by atoms with Crippen molar-refractivity contribution in [1.82, 2.24) is 5.32 Å². The Bertz CT molecular complexity index is 882. The third-order valence-electron chi connectivity index (χ3n) is 3.57. The van der Waals surface area contributed by atoms with Crippen LogP contribution in [0, 0.1) is 0 Å². The van der Waals surface area contributed by atoms with Crippen LogP contribution < -0.4 is 9.62 Å². The van der Waals surface area contributed by atoms with Crippen LogP contribution in [0.1, 0.15) is 12.5 Å². The molecule has 5 nitrogen and oxygen atoms in total. The molecule has 0 aliphatic heterocycles. The SMILES string of the molecule is CC(C(=O)NCc1ccc(Cl)cc1)N(c1cc(Cl)cc(Cl)c1)S(C)(=O)=O. The zero-order valence-electron chi connectivity index (χ0n) is 14.0. The Morgan fingerprint density at radius 1 is 1.04 bits per heavy atom. The number of hydrogen-bond acceptors (Lipinski definition) is 3. The molecule has 0 heterocycles. The first kappa shape index (κ1) is 20.8. The van der Waals surface area contributed by atoms with E-state index in [1.54, 1.807) is 24.3 Å². The summed E-state index contributed by atoms with van der Waals surface area (Å²) < 4.78 is 25.5. The van der Waals surface area contributed by atoms with Crippen molar-refractivity contribution in [2.24, 2.45) is 0 Å². The van der Waals surface area contributed by atoms with Crippen LogP contribution in [0.3, 0.4) is 0 Å². The summed E-state index contributed by atoms with van der Waals surface area (Å²) in [6.45, 7) is 1.74. The summed E-state index contributed by atoms with van der Waals surface area (Å²) in [6, 6.07) is 10.4. The van der Waals surface area contributed by atoms with Gasteiger partial charge in [-0.3, -0.25) is 9.10 Å². The first-order valence-electron chi connectivity index (χ1n) is 7.55. The third-order valence-corrected chi connectivity index (χ3v) is 5.50. The van der Waals surface area contributed by atoms with Gasteiger partial charge in [0.15, 0.2) is 0 Å². The summed E-state index contributed by atoms with van der Waals surface area (Å²) in [5, 5.41) is 3.85. The largest absolute Gasteiger partial charge is 0.350 e. The first-order chi connectivity index (χ1) is 12.1. The van der Waals surface area contributed by atoms with Crippen molar-refractivity contribution in [3.63, 3.8) is 0 Å². The van der Waals surface area contributed by atoms with E-state index >= 15 is 0 Å². The summed E-state index contributed by atoms with van der Waals surface area (Å²) in [4.78, 5) is 12.5. The third kappa shape index (κ3) is 5.51. The average molecular weight is 436 g/mol. The fraction of sp³-hybridized carbons (Fsp3) is 0.235. The monoisotopic (exact) mass is 434 g/mol. The van der Waals surface area contributed by atoms with Gasteiger partial charge in [0, 0.05) is 21.6 Å². The summed E-state index contributed by atoms with van der Waals surface area (Å²) in [6.07, 6.45) is 1.02. The molecule has 0 fully saturated rings. The fourth-order valence-electron chi connectivity index (χ4n) is 2.41. The molecule has 0 aliphatic carbocycles. The number of benzene rings is 2. The molecule has 1 amide bonds. The second-order valence-electron chi connectivity index (χ2n) is 5.71. The standard InChI is InChI=1S/C17H17Cl3N2O3S/c1-11(17(23)21-10-12-3-5-13(18)6-4-12)22(26(2,24)25)16-8-14(19)7-15(20)9-16/h3-9,11H,10H2,1-2H3,(H,21,23). The molecule has 2 aromatic rings. The first-order valence-corrected chi connectivity index (χ1v) is 10.5. The van der Waals surface area contributed by atoms with Gasteiger partial charge in [0.05, 0.1) is 11.9 Å². The Labute approximate surface area is 167 Å².